The van der Waals surface area contributed by atoms with Crippen molar-refractivity contribution in [2.75, 3.05) is 19.0 Å². The van der Waals surface area contributed by atoms with Gasteiger partial charge in [-0.05, 0) is 18.6 Å². The van der Waals surface area contributed by atoms with Crippen molar-refractivity contribution in [2.45, 2.75) is 23.8 Å². The number of rotatable bonds is 8. The van der Waals surface area contributed by atoms with Gasteiger partial charge in [-0.25, -0.2) is 8.42 Å². The van der Waals surface area contributed by atoms with Crippen LogP contribution in [0.25, 0.3) is 10.8 Å². The van der Waals surface area contributed by atoms with E-state index in [-0.39, 0.29) is 17.7 Å². The predicted octanol–water partition coefficient (Wildman–Crippen LogP) is 0.903. The lowest BCUT2D eigenvalue weighted by Gasteiger charge is -2.18. The van der Waals surface area contributed by atoms with Crippen molar-refractivity contribution in [1.29, 1.82) is 0 Å². The summed E-state index contributed by atoms with van der Waals surface area (Å²) in [5, 5.41) is 10.4. The van der Waals surface area contributed by atoms with Gasteiger partial charge in [0.05, 0.1) is 4.90 Å². The Labute approximate surface area is 151 Å². The molecule has 140 valence electrons. The van der Waals surface area contributed by atoms with Crippen LogP contribution in [0.1, 0.15) is 12.8 Å². The normalized spacial score (nSPS) is 12.7. The van der Waals surface area contributed by atoms with Crippen molar-refractivity contribution >= 4 is 38.4 Å². The highest BCUT2D eigenvalue weighted by molar-refractivity contribution is 7.89. The first-order valence-electron chi connectivity index (χ1n) is 7.86. The Morgan fingerprint density at radius 3 is 2.35 bits per heavy atom. The monoisotopic (exact) mass is 379 g/mol. The molecule has 0 aromatic heterocycles. The van der Waals surface area contributed by atoms with Crippen LogP contribution in [0.5, 0.6) is 0 Å². The molecule has 0 aliphatic carbocycles. The molecule has 26 heavy (non-hydrogen) atoms. The van der Waals surface area contributed by atoms with E-state index < -0.39 is 27.9 Å². The maximum absolute atomic E-state index is 12.8. The van der Waals surface area contributed by atoms with Crippen LogP contribution in [-0.2, 0) is 19.6 Å². The summed E-state index contributed by atoms with van der Waals surface area (Å²) in [6.07, 6.45) is -0.461. The molecule has 0 heterocycles. The third-order valence-corrected chi connectivity index (χ3v) is 5.44. The number of carboxylic acid groups (broad SMARTS) is 1. The molecule has 0 saturated heterocycles. The predicted molar refractivity (Wildman–Crippen MR) is 98.4 cm³/mol. The summed E-state index contributed by atoms with van der Waals surface area (Å²) in [7, 11) is -0.431. The molecule has 0 fully saturated rings. The zero-order chi connectivity index (χ0) is 19.5. The molecule has 8 nitrogen and oxygen atoms in total. The lowest BCUT2D eigenvalue weighted by molar-refractivity contribution is -0.139. The molecule has 4 N–H and O–H groups in total. The van der Waals surface area contributed by atoms with Crippen molar-refractivity contribution in [2.24, 2.45) is 5.73 Å². The number of primary amides is 1. The van der Waals surface area contributed by atoms with Crippen molar-refractivity contribution in [3.63, 3.8) is 0 Å². The molecule has 0 aliphatic rings. The van der Waals surface area contributed by atoms with Crippen LogP contribution in [0.2, 0.25) is 0 Å². The zero-order valence-corrected chi connectivity index (χ0v) is 15.3. The topological polar surface area (TPSA) is 130 Å². The molecule has 1 atom stereocenters. The Hall–Kier alpha value is -2.65. The molecule has 0 radical (unpaired) electrons. The van der Waals surface area contributed by atoms with E-state index in [0.29, 0.717) is 5.39 Å². The fraction of sp³-hybridized carbons (Fsp3) is 0.294. The second-order valence-corrected chi connectivity index (χ2v) is 7.72. The Balaban J connectivity index is 2.47. The minimum Gasteiger partial charge on any atom is -0.480 e. The molecule has 0 saturated carbocycles. The first-order chi connectivity index (χ1) is 12.1. The van der Waals surface area contributed by atoms with Crippen molar-refractivity contribution < 1.29 is 23.1 Å². The van der Waals surface area contributed by atoms with Gasteiger partial charge in [-0.3, -0.25) is 9.59 Å². The molecule has 0 spiro atoms. The second-order valence-electron chi connectivity index (χ2n) is 6.04. The smallest absolute Gasteiger partial charge is 0.321 e. The molecule has 2 aromatic rings. The fourth-order valence-corrected chi connectivity index (χ4v) is 4.10. The number of sulfonamides is 1. The van der Waals surface area contributed by atoms with Gasteiger partial charge < -0.3 is 15.7 Å². The molecule has 9 heteroatoms. The van der Waals surface area contributed by atoms with Crippen LogP contribution >= 0.6 is 0 Å². The summed E-state index contributed by atoms with van der Waals surface area (Å²) in [4.78, 5) is 24.1. The second kappa shape index (κ2) is 7.71. The fourth-order valence-electron chi connectivity index (χ4n) is 2.66. The largest absolute Gasteiger partial charge is 0.480 e. The minimum absolute atomic E-state index is 0.0241. The van der Waals surface area contributed by atoms with Crippen molar-refractivity contribution in [3.8, 4) is 0 Å². The molecule has 0 unspecified atom stereocenters. The summed E-state index contributed by atoms with van der Waals surface area (Å²) in [6, 6.07) is 8.62. The minimum atomic E-state index is -4.12. The van der Waals surface area contributed by atoms with Crippen LogP contribution in [0.15, 0.2) is 41.3 Å². The lowest BCUT2D eigenvalue weighted by atomic mass is 10.1. The van der Waals surface area contributed by atoms with Crippen LogP contribution in [-0.4, -0.2) is 45.5 Å². The number of amides is 1. The summed E-state index contributed by atoms with van der Waals surface area (Å²) in [6.45, 7) is 0. The number of nitrogens with zero attached hydrogens (tertiary/aromatic N) is 1. The molecule has 0 bridgehead atoms. The molecular weight excluding hydrogens is 358 g/mol. The molecule has 1 amide bonds. The van der Waals surface area contributed by atoms with E-state index in [1.807, 2.05) is 25.1 Å². The highest BCUT2D eigenvalue weighted by Crippen LogP contribution is 2.30. The quantitative estimate of drug-likeness (QED) is 0.625. The maximum atomic E-state index is 12.8. The van der Waals surface area contributed by atoms with E-state index in [0.717, 1.165) is 11.1 Å². The van der Waals surface area contributed by atoms with E-state index in [1.165, 1.54) is 6.07 Å². The SMILES string of the molecule is CN(C)c1cccc2c(S(=O)(=O)N[C@@H](CCC(N)=O)C(=O)O)cccc12. The van der Waals surface area contributed by atoms with E-state index >= 15 is 0 Å². The van der Waals surface area contributed by atoms with Gasteiger partial charge in [0.1, 0.15) is 6.04 Å². The number of carbonyl (C=O) groups is 2. The average molecular weight is 379 g/mol. The highest BCUT2D eigenvalue weighted by atomic mass is 32.2. The van der Waals surface area contributed by atoms with Gasteiger partial charge in [-0.2, -0.15) is 4.72 Å². The number of benzene rings is 2. The van der Waals surface area contributed by atoms with E-state index in [2.05, 4.69) is 4.72 Å². The molecule has 2 rings (SSSR count). The third-order valence-electron chi connectivity index (χ3n) is 3.91. The number of carbonyl (C=O) groups excluding carboxylic acids is 1. The standard InChI is InChI=1S/C17H21N3O5S/c1-20(2)14-7-3-6-12-11(14)5-4-8-15(12)26(24,25)19-13(17(22)23)9-10-16(18)21/h3-8,13,19H,9-10H2,1-2H3,(H2,18,21)(H,22,23)/t13-/m0/s1. The highest BCUT2D eigenvalue weighted by Gasteiger charge is 2.27. The summed E-state index contributed by atoms with van der Waals surface area (Å²) >= 11 is 0. The number of carboxylic acids is 1. The zero-order valence-electron chi connectivity index (χ0n) is 14.5. The molecule has 0 aliphatic heterocycles. The Kier molecular flexibility index (Phi) is 5.83. The Bertz CT molecular complexity index is 941. The van der Waals surface area contributed by atoms with Gasteiger partial charge in [0.2, 0.25) is 15.9 Å². The van der Waals surface area contributed by atoms with Crippen molar-refractivity contribution in [1.82, 2.24) is 4.72 Å². The number of hydrogen-bond donors (Lipinski definition) is 3. The lowest BCUT2D eigenvalue weighted by Crippen LogP contribution is -2.41. The van der Waals surface area contributed by atoms with Gasteiger partial charge in [-0.15, -0.1) is 0 Å². The van der Waals surface area contributed by atoms with E-state index in [9.17, 15) is 23.1 Å². The van der Waals surface area contributed by atoms with Gasteiger partial charge in [0.25, 0.3) is 0 Å². The van der Waals surface area contributed by atoms with Crippen LogP contribution in [0, 0.1) is 0 Å². The van der Waals surface area contributed by atoms with Gasteiger partial charge >= 0.3 is 5.97 Å². The van der Waals surface area contributed by atoms with Gasteiger partial charge in [0, 0.05) is 37.0 Å². The summed E-state index contributed by atoms with van der Waals surface area (Å²) in [5.74, 6) is -2.07. The first-order valence-corrected chi connectivity index (χ1v) is 9.34. The van der Waals surface area contributed by atoms with Crippen molar-refractivity contribution in [3.05, 3.63) is 36.4 Å². The molecule has 2 aromatic carbocycles. The maximum Gasteiger partial charge on any atom is 0.321 e. The number of anilines is 1. The number of nitrogens with one attached hydrogen (secondary N) is 1. The Morgan fingerprint density at radius 1 is 1.15 bits per heavy atom. The van der Waals surface area contributed by atoms with Gasteiger partial charge in [-0.1, -0.05) is 24.3 Å². The number of hydrogen-bond acceptors (Lipinski definition) is 5. The molecular formula is C17H21N3O5S. The number of aliphatic carboxylic acids is 1. The summed E-state index contributed by atoms with van der Waals surface area (Å²) < 4.78 is 27.7. The van der Waals surface area contributed by atoms with Crippen LogP contribution in [0.3, 0.4) is 0 Å². The van der Waals surface area contributed by atoms with E-state index in [1.54, 1.807) is 24.3 Å². The summed E-state index contributed by atoms with van der Waals surface area (Å²) in [5.41, 5.74) is 5.86. The van der Waals surface area contributed by atoms with E-state index in [4.69, 9.17) is 5.73 Å². The van der Waals surface area contributed by atoms with Crippen LogP contribution in [0.4, 0.5) is 5.69 Å². The third kappa shape index (κ3) is 4.30. The Morgan fingerprint density at radius 2 is 1.77 bits per heavy atom. The number of fused-ring (bicyclic) bond motifs is 1. The average Bonchev–Trinajstić information content (AvgIpc) is 2.56. The first kappa shape index (κ1) is 19.7. The van der Waals surface area contributed by atoms with Crippen LogP contribution < -0.4 is 15.4 Å². The number of nitrogens with two attached hydrogens (primary N) is 1. The van der Waals surface area contributed by atoms with Gasteiger partial charge in [0.15, 0.2) is 0 Å².